The molecule has 0 aromatic heterocycles. The van der Waals surface area contributed by atoms with Crippen LogP contribution in [0.2, 0.25) is 0 Å². The number of carbonyl (C=O) groups is 1. The SMILES string of the molecule is O=C(OCc1ccccc1)N1CCC(NCc2cccc(-c3ccccc3)c2)CC1. The van der Waals surface area contributed by atoms with Crippen LogP contribution in [-0.4, -0.2) is 30.1 Å². The Morgan fingerprint density at radius 1 is 0.833 bits per heavy atom. The molecule has 154 valence electrons. The molecule has 0 spiro atoms. The second-order valence-corrected chi connectivity index (χ2v) is 7.75. The normalized spacial score (nSPS) is 14.5. The van der Waals surface area contributed by atoms with Crippen LogP contribution in [0.5, 0.6) is 0 Å². The summed E-state index contributed by atoms with van der Waals surface area (Å²) in [5.41, 5.74) is 4.77. The highest BCUT2D eigenvalue weighted by Gasteiger charge is 2.23. The van der Waals surface area contributed by atoms with Crippen molar-refractivity contribution < 1.29 is 9.53 Å². The van der Waals surface area contributed by atoms with Crippen molar-refractivity contribution in [2.75, 3.05) is 13.1 Å². The maximum atomic E-state index is 12.3. The summed E-state index contributed by atoms with van der Waals surface area (Å²) in [4.78, 5) is 14.1. The Morgan fingerprint density at radius 3 is 2.20 bits per heavy atom. The molecule has 0 aliphatic carbocycles. The Morgan fingerprint density at radius 2 is 1.47 bits per heavy atom. The van der Waals surface area contributed by atoms with Crippen LogP contribution in [0.15, 0.2) is 84.9 Å². The van der Waals surface area contributed by atoms with Gasteiger partial charge in [0.05, 0.1) is 0 Å². The lowest BCUT2D eigenvalue weighted by atomic mass is 10.0. The average molecular weight is 401 g/mol. The summed E-state index contributed by atoms with van der Waals surface area (Å²) in [6, 6.07) is 29.4. The summed E-state index contributed by atoms with van der Waals surface area (Å²) >= 11 is 0. The van der Waals surface area contributed by atoms with E-state index < -0.39 is 0 Å². The Hall–Kier alpha value is -3.11. The molecule has 1 amide bonds. The number of hydrogen-bond acceptors (Lipinski definition) is 3. The molecule has 4 rings (SSSR count). The van der Waals surface area contributed by atoms with Crippen molar-refractivity contribution in [2.45, 2.75) is 32.0 Å². The van der Waals surface area contributed by atoms with Crippen LogP contribution in [0.4, 0.5) is 4.79 Å². The number of hydrogen-bond donors (Lipinski definition) is 1. The predicted octanol–water partition coefficient (Wildman–Crippen LogP) is 5.24. The van der Waals surface area contributed by atoms with Crippen molar-refractivity contribution in [1.82, 2.24) is 10.2 Å². The molecular formula is C26H28N2O2. The van der Waals surface area contributed by atoms with Crippen molar-refractivity contribution >= 4 is 6.09 Å². The van der Waals surface area contributed by atoms with Gasteiger partial charge in [-0.2, -0.15) is 0 Å². The van der Waals surface area contributed by atoms with Crippen molar-refractivity contribution in [3.05, 3.63) is 96.1 Å². The van der Waals surface area contributed by atoms with Crippen molar-refractivity contribution in [3.63, 3.8) is 0 Å². The van der Waals surface area contributed by atoms with E-state index in [1.807, 2.05) is 41.3 Å². The van der Waals surface area contributed by atoms with E-state index in [-0.39, 0.29) is 6.09 Å². The van der Waals surface area contributed by atoms with Crippen LogP contribution < -0.4 is 5.32 Å². The molecular weight excluding hydrogens is 372 g/mol. The minimum Gasteiger partial charge on any atom is -0.445 e. The molecule has 1 saturated heterocycles. The lowest BCUT2D eigenvalue weighted by Crippen LogP contribution is -2.44. The van der Waals surface area contributed by atoms with Gasteiger partial charge in [0.1, 0.15) is 6.61 Å². The third kappa shape index (κ3) is 5.49. The van der Waals surface area contributed by atoms with E-state index in [0.717, 1.165) is 38.0 Å². The molecule has 3 aromatic rings. The molecule has 1 aliphatic heterocycles. The number of rotatable bonds is 6. The number of ether oxygens (including phenoxy) is 1. The van der Waals surface area contributed by atoms with Gasteiger partial charge in [-0.1, -0.05) is 78.9 Å². The molecule has 1 N–H and O–H groups in total. The highest BCUT2D eigenvalue weighted by Crippen LogP contribution is 2.20. The highest BCUT2D eigenvalue weighted by atomic mass is 16.6. The minimum absolute atomic E-state index is 0.215. The third-order valence-electron chi connectivity index (χ3n) is 5.59. The number of carbonyl (C=O) groups excluding carboxylic acids is 1. The summed E-state index contributed by atoms with van der Waals surface area (Å²) < 4.78 is 5.45. The smallest absolute Gasteiger partial charge is 0.410 e. The minimum atomic E-state index is -0.215. The van der Waals surface area contributed by atoms with E-state index in [0.29, 0.717) is 12.6 Å². The Balaban J connectivity index is 1.22. The van der Waals surface area contributed by atoms with Crippen LogP contribution in [0.3, 0.4) is 0 Å². The van der Waals surface area contributed by atoms with Gasteiger partial charge in [0.15, 0.2) is 0 Å². The summed E-state index contributed by atoms with van der Waals surface area (Å²) in [5, 5.41) is 3.66. The molecule has 4 nitrogen and oxygen atoms in total. The van der Waals surface area contributed by atoms with Crippen molar-refractivity contribution in [1.29, 1.82) is 0 Å². The molecule has 3 aromatic carbocycles. The average Bonchev–Trinajstić information content (AvgIpc) is 2.83. The van der Waals surface area contributed by atoms with E-state index in [1.54, 1.807) is 0 Å². The second-order valence-electron chi connectivity index (χ2n) is 7.75. The van der Waals surface area contributed by atoms with E-state index in [1.165, 1.54) is 16.7 Å². The molecule has 1 aliphatic rings. The number of likely N-dealkylation sites (tertiary alicyclic amines) is 1. The largest absolute Gasteiger partial charge is 0.445 e. The summed E-state index contributed by atoms with van der Waals surface area (Å²) in [6.07, 6.45) is 1.67. The Labute approximate surface area is 178 Å². The third-order valence-corrected chi connectivity index (χ3v) is 5.59. The molecule has 30 heavy (non-hydrogen) atoms. The molecule has 0 atom stereocenters. The maximum Gasteiger partial charge on any atom is 0.410 e. The van der Waals surface area contributed by atoms with Gasteiger partial charge in [-0.25, -0.2) is 4.79 Å². The van der Waals surface area contributed by atoms with Gasteiger partial charge in [0.25, 0.3) is 0 Å². The zero-order chi connectivity index (χ0) is 20.6. The fourth-order valence-electron chi connectivity index (χ4n) is 3.83. The van der Waals surface area contributed by atoms with E-state index in [9.17, 15) is 4.79 Å². The lowest BCUT2D eigenvalue weighted by Gasteiger charge is -2.32. The fraction of sp³-hybridized carbons (Fsp3) is 0.269. The number of benzene rings is 3. The first-order chi connectivity index (χ1) is 14.8. The molecule has 4 heteroatoms. The molecule has 1 fully saturated rings. The molecule has 0 saturated carbocycles. The quantitative estimate of drug-likeness (QED) is 0.615. The number of amides is 1. The summed E-state index contributed by atoms with van der Waals surface area (Å²) in [5.74, 6) is 0. The zero-order valence-electron chi connectivity index (χ0n) is 17.2. The van der Waals surface area contributed by atoms with Crippen LogP contribution >= 0.6 is 0 Å². The molecule has 0 bridgehead atoms. The van der Waals surface area contributed by atoms with Gasteiger partial charge in [-0.3, -0.25) is 0 Å². The van der Waals surface area contributed by atoms with Gasteiger partial charge < -0.3 is 15.0 Å². The molecule has 1 heterocycles. The monoisotopic (exact) mass is 400 g/mol. The standard InChI is InChI=1S/C26H28N2O2/c29-26(30-20-21-8-3-1-4-9-21)28-16-14-25(15-17-28)27-19-22-10-7-13-24(18-22)23-11-5-2-6-12-23/h1-13,18,25,27H,14-17,19-20H2. The zero-order valence-corrected chi connectivity index (χ0v) is 17.2. The number of piperidine rings is 1. The van der Waals surface area contributed by atoms with Gasteiger partial charge in [0.2, 0.25) is 0 Å². The van der Waals surface area contributed by atoms with E-state index in [2.05, 4.69) is 53.8 Å². The molecule has 0 radical (unpaired) electrons. The van der Waals surface area contributed by atoms with Crippen LogP contribution in [0.1, 0.15) is 24.0 Å². The fourth-order valence-corrected chi connectivity index (χ4v) is 3.83. The second kappa shape index (κ2) is 10.1. The van der Waals surface area contributed by atoms with E-state index >= 15 is 0 Å². The summed E-state index contributed by atoms with van der Waals surface area (Å²) in [6.45, 7) is 2.63. The van der Waals surface area contributed by atoms with Crippen molar-refractivity contribution in [3.8, 4) is 11.1 Å². The van der Waals surface area contributed by atoms with Crippen LogP contribution in [0, 0.1) is 0 Å². The lowest BCUT2D eigenvalue weighted by molar-refractivity contribution is 0.0852. The number of nitrogens with zero attached hydrogens (tertiary/aromatic N) is 1. The van der Waals surface area contributed by atoms with Gasteiger partial charge in [-0.05, 0) is 41.2 Å². The number of nitrogens with one attached hydrogen (secondary N) is 1. The Kier molecular flexibility index (Phi) is 6.78. The van der Waals surface area contributed by atoms with Gasteiger partial charge in [-0.15, -0.1) is 0 Å². The van der Waals surface area contributed by atoms with E-state index in [4.69, 9.17) is 4.74 Å². The predicted molar refractivity (Wildman–Crippen MR) is 120 cm³/mol. The maximum absolute atomic E-state index is 12.3. The molecule has 0 unspecified atom stereocenters. The first kappa shape index (κ1) is 20.2. The van der Waals surface area contributed by atoms with Gasteiger partial charge in [0, 0.05) is 25.7 Å². The highest BCUT2D eigenvalue weighted by molar-refractivity contribution is 5.67. The van der Waals surface area contributed by atoms with Crippen LogP contribution in [-0.2, 0) is 17.9 Å². The first-order valence-corrected chi connectivity index (χ1v) is 10.6. The van der Waals surface area contributed by atoms with Crippen molar-refractivity contribution in [2.24, 2.45) is 0 Å². The Bertz CT molecular complexity index is 936. The first-order valence-electron chi connectivity index (χ1n) is 10.6. The topological polar surface area (TPSA) is 41.6 Å². The van der Waals surface area contributed by atoms with Crippen LogP contribution in [0.25, 0.3) is 11.1 Å². The summed E-state index contributed by atoms with van der Waals surface area (Å²) in [7, 11) is 0. The van der Waals surface area contributed by atoms with Gasteiger partial charge >= 0.3 is 6.09 Å².